The van der Waals surface area contributed by atoms with Crippen molar-refractivity contribution in [1.82, 2.24) is 15.1 Å². The summed E-state index contributed by atoms with van der Waals surface area (Å²) < 4.78 is 6.52. The molecule has 20 heavy (non-hydrogen) atoms. The number of carbonyl (C=O) groups is 1. The molecule has 0 fully saturated rings. The van der Waals surface area contributed by atoms with Gasteiger partial charge in [-0.3, -0.25) is 19.6 Å². The van der Waals surface area contributed by atoms with Crippen LogP contribution in [0.2, 0.25) is 0 Å². The molecule has 1 N–H and O–H groups in total. The number of hydrogen-bond acceptors (Lipinski definition) is 5. The molecule has 8 heteroatoms. The van der Waals surface area contributed by atoms with Gasteiger partial charge in [-0.2, -0.15) is 5.10 Å². The number of rotatable bonds is 8. The molecular weight excluding hydrogens is 264 g/mol. The summed E-state index contributed by atoms with van der Waals surface area (Å²) in [7, 11) is 0. The van der Waals surface area contributed by atoms with E-state index < -0.39 is 11.0 Å². The second-order valence-corrected chi connectivity index (χ2v) is 4.33. The lowest BCUT2D eigenvalue weighted by molar-refractivity contribution is -0.385. The molecule has 0 aromatic carbocycles. The molecule has 1 atom stereocenters. The standard InChI is InChI=1S/C12H20N4O4/c1-4-20-7-5-6-13-12(17)10(3)15-9(2)11(8-14-15)16(18)19/h8,10H,4-7H2,1-3H3,(H,13,17). The quantitative estimate of drug-likeness (QED) is 0.439. The molecule has 1 aromatic heterocycles. The highest BCUT2D eigenvalue weighted by molar-refractivity contribution is 5.79. The Bertz CT molecular complexity index is 472. The van der Waals surface area contributed by atoms with Crippen molar-refractivity contribution in [2.75, 3.05) is 19.8 Å². The van der Waals surface area contributed by atoms with Crippen LogP contribution in [0, 0.1) is 17.0 Å². The number of nitrogens with one attached hydrogen (secondary N) is 1. The van der Waals surface area contributed by atoms with Crippen LogP contribution in [0.15, 0.2) is 6.20 Å². The van der Waals surface area contributed by atoms with Crippen molar-refractivity contribution in [2.24, 2.45) is 0 Å². The van der Waals surface area contributed by atoms with E-state index in [2.05, 4.69) is 10.4 Å². The van der Waals surface area contributed by atoms with Crippen molar-refractivity contribution in [2.45, 2.75) is 33.2 Å². The van der Waals surface area contributed by atoms with Crippen molar-refractivity contribution in [3.8, 4) is 0 Å². The molecule has 0 radical (unpaired) electrons. The Balaban J connectivity index is 2.54. The largest absolute Gasteiger partial charge is 0.382 e. The average molecular weight is 284 g/mol. The summed E-state index contributed by atoms with van der Waals surface area (Å²) in [4.78, 5) is 22.2. The van der Waals surface area contributed by atoms with Gasteiger partial charge in [0.1, 0.15) is 17.9 Å². The lowest BCUT2D eigenvalue weighted by Crippen LogP contribution is -2.33. The number of carbonyl (C=O) groups excluding carboxylic acids is 1. The van der Waals surface area contributed by atoms with Crippen molar-refractivity contribution in [3.05, 3.63) is 22.0 Å². The highest BCUT2D eigenvalue weighted by Crippen LogP contribution is 2.19. The van der Waals surface area contributed by atoms with E-state index in [9.17, 15) is 14.9 Å². The minimum atomic E-state index is -0.587. The van der Waals surface area contributed by atoms with Crippen LogP contribution in [0.3, 0.4) is 0 Å². The Hall–Kier alpha value is -1.96. The third kappa shape index (κ3) is 4.02. The van der Waals surface area contributed by atoms with E-state index in [1.54, 1.807) is 13.8 Å². The van der Waals surface area contributed by atoms with Gasteiger partial charge in [0.25, 0.3) is 0 Å². The van der Waals surface area contributed by atoms with Gasteiger partial charge in [-0.05, 0) is 27.2 Å². The maximum absolute atomic E-state index is 11.9. The van der Waals surface area contributed by atoms with Crippen molar-refractivity contribution < 1.29 is 14.5 Å². The van der Waals surface area contributed by atoms with Crippen molar-refractivity contribution in [3.63, 3.8) is 0 Å². The van der Waals surface area contributed by atoms with Gasteiger partial charge in [0.05, 0.1) is 4.92 Å². The summed E-state index contributed by atoms with van der Waals surface area (Å²) in [5.74, 6) is -0.220. The highest BCUT2D eigenvalue weighted by Gasteiger charge is 2.23. The zero-order valence-corrected chi connectivity index (χ0v) is 12.0. The van der Waals surface area contributed by atoms with Crippen LogP contribution in [0.1, 0.15) is 32.0 Å². The van der Waals surface area contributed by atoms with Crippen LogP contribution in [0.4, 0.5) is 5.69 Å². The minimum Gasteiger partial charge on any atom is -0.382 e. The molecule has 0 aliphatic rings. The predicted molar refractivity (Wildman–Crippen MR) is 72.4 cm³/mol. The fourth-order valence-corrected chi connectivity index (χ4v) is 1.77. The predicted octanol–water partition coefficient (Wildman–Crippen LogP) is 1.20. The second kappa shape index (κ2) is 7.59. The average Bonchev–Trinajstić information content (AvgIpc) is 2.79. The normalized spacial score (nSPS) is 12.2. The molecule has 1 aromatic rings. The maximum atomic E-state index is 11.9. The van der Waals surface area contributed by atoms with Gasteiger partial charge < -0.3 is 10.1 Å². The van der Waals surface area contributed by atoms with Gasteiger partial charge in [-0.1, -0.05) is 0 Å². The van der Waals surface area contributed by atoms with E-state index in [1.807, 2.05) is 6.92 Å². The summed E-state index contributed by atoms with van der Waals surface area (Å²) >= 11 is 0. The molecule has 0 saturated heterocycles. The first-order valence-corrected chi connectivity index (χ1v) is 6.53. The van der Waals surface area contributed by atoms with E-state index in [4.69, 9.17) is 4.74 Å². The van der Waals surface area contributed by atoms with Crippen LogP contribution in [-0.4, -0.2) is 40.4 Å². The van der Waals surface area contributed by atoms with Gasteiger partial charge in [0, 0.05) is 19.8 Å². The van der Waals surface area contributed by atoms with Crippen molar-refractivity contribution in [1.29, 1.82) is 0 Å². The van der Waals surface area contributed by atoms with Crippen LogP contribution < -0.4 is 5.32 Å². The number of hydrogen-bond donors (Lipinski definition) is 1. The Kier molecular flexibility index (Phi) is 6.10. The molecule has 112 valence electrons. The maximum Gasteiger partial charge on any atom is 0.309 e. The third-order valence-electron chi connectivity index (χ3n) is 2.93. The SMILES string of the molecule is CCOCCCNC(=O)C(C)n1ncc([N+](=O)[O-])c1C. The van der Waals surface area contributed by atoms with Crippen molar-refractivity contribution >= 4 is 11.6 Å². The fourth-order valence-electron chi connectivity index (χ4n) is 1.77. The summed E-state index contributed by atoms with van der Waals surface area (Å²) in [6, 6.07) is -0.587. The van der Waals surface area contributed by atoms with E-state index in [1.165, 1.54) is 4.68 Å². The number of ether oxygens (including phenoxy) is 1. The van der Waals surface area contributed by atoms with Crippen LogP contribution in [-0.2, 0) is 9.53 Å². The van der Waals surface area contributed by atoms with E-state index in [0.29, 0.717) is 25.5 Å². The highest BCUT2D eigenvalue weighted by atomic mass is 16.6. The van der Waals surface area contributed by atoms with E-state index in [0.717, 1.165) is 12.6 Å². The molecule has 0 aliphatic heterocycles. The number of nitrogens with zero attached hydrogens (tertiary/aromatic N) is 3. The number of amides is 1. The third-order valence-corrected chi connectivity index (χ3v) is 2.93. The minimum absolute atomic E-state index is 0.0824. The molecule has 0 aliphatic carbocycles. The van der Waals surface area contributed by atoms with Crippen LogP contribution in [0.25, 0.3) is 0 Å². The van der Waals surface area contributed by atoms with Crippen LogP contribution in [0.5, 0.6) is 0 Å². The molecule has 1 heterocycles. The Morgan fingerprint density at radius 3 is 2.90 bits per heavy atom. The van der Waals surface area contributed by atoms with Gasteiger partial charge in [0.15, 0.2) is 0 Å². The van der Waals surface area contributed by atoms with Gasteiger partial charge in [0.2, 0.25) is 5.91 Å². The van der Waals surface area contributed by atoms with Gasteiger partial charge in [-0.15, -0.1) is 0 Å². The lowest BCUT2D eigenvalue weighted by Gasteiger charge is -2.13. The topological polar surface area (TPSA) is 99.3 Å². The zero-order valence-electron chi connectivity index (χ0n) is 12.0. The molecule has 1 amide bonds. The lowest BCUT2D eigenvalue weighted by atomic mass is 10.3. The Morgan fingerprint density at radius 2 is 2.35 bits per heavy atom. The first-order chi connectivity index (χ1) is 9.49. The molecule has 1 unspecified atom stereocenters. The number of aromatic nitrogens is 2. The smallest absolute Gasteiger partial charge is 0.309 e. The summed E-state index contributed by atoms with van der Waals surface area (Å²) in [6.45, 7) is 6.89. The molecule has 0 bridgehead atoms. The van der Waals surface area contributed by atoms with E-state index in [-0.39, 0.29) is 11.6 Å². The fraction of sp³-hybridized carbons (Fsp3) is 0.667. The second-order valence-electron chi connectivity index (χ2n) is 4.33. The van der Waals surface area contributed by atoms with Gasteiger partial charge in [-0.25, -0.2) is 0 Å². The summed E-state index contributed by atoms with van der Waals surface area (Å²) in [5.41, 5.74) is 0.285. The first-order valence-electron chi connectivity index (χ1n) is 6.53. The van der Waals surface area contributed by atoms with Gasteiger partial charge >= 0.3 is 5.69 Å². The van der Waals surface area contributed by atoms with Crippen LogP contribution >= 0.6 is 0 Å². The Labute approximate surface area is 117 Å². The summed E-state index contributed by atoms with van der Waals surface area (Å²) in [5, 5.41) is 17.4. The molecular formula is C12H20N4O4. The summed E-state index contributed by atoms with van der Waals surface area (Å²) in [6.07, 6.45) is 1.89. The Morgan fingerprint density at radius 1 is 1.65 bits per heavy atom. The van der Waals surface area contributed by atoms with E-state index >= 15 is 0 Å². The molecule has 8 nitrogen and oxygen atoms in total. The molecule has 0 saturated carbocycles. The molecule has 0 spiro atoms. The zero-order chi connectivity index (χ0) is 15.1. The monoisotopic (exact) mass is 284 g/mol. The molecule has 1 rings (SSSR count). The number of nitro groups is 1. The first kappa shape index (κ1) is 16.1.